The molecule has 2 saturated heterocycles. The summed E-state index contributed by atoms with van der Waals surface area (Å²) in [5.41, 5.74) is 2.97. The topological polar surface area (TPSA) is 57.4 Å². The van der Waals surface area contributed by atoms with E-state index in [2.05, 4.69) is 31.5 Å². The number of nitrogens with one attached hydrogen (secondary N) is 1. The Labute approximate surface area is 124 Å². The van der Waals surface area contributed by atoms with Crippen molar-refractivity contribution >= 4 is 11.0 Å². The summed E-state index contributed by atoms with van der Waals surface area (Å²) in [6.07, 6.45) is 1.30. The summed E-state index contributed by atoms with van der Waals surface area (Å²) < 4.78 is 4.85. The normalized spacial score (nSPS) is 24.9. The van der Waals surface area contributed by atoms with E-state index in [4.69, 9.17) is 4.63 Å². The van der Waals surface area contributed by atoms with Crippen LogP contribution < -0.4 is 5.32 Å². The van der Waals surface area contributed by atoms with E-state index in [-0.39, 0.29) is 0 Å². The van der Waals surface area contributed by atoms with Gasteiger partial charge in [-0.05, 0) is 34.9 Å². The van der Waals surface area contributed by atoms with Crippen LogP contribution in [0.4, 0.5) is 0 Å². The van der Waals surface area contributed by atoms with Crippen molar-refractivity contribution in [3.63, 3.8) is 0 Å². The molecule has 0 spiro atoms. The molecule has 2 fully saturated rings. The Hall–Kier alpha value is -1.50. The molecule has 21 heavy (non-hydrogen) atoms. The van der Waals surface area contributed by atoms with Crippen LogP contribution in [-0.4, -0.2) is 65.4 Å². The summed E-state index contributed by atoms with van der Waals surface area (Å²) in [5.74, 6) is 0. The molecule has 0 bridgehead atoms. The highest BCUT2D eigenvalue weighted by molar-refractivity contribution is 5.76. The van der Waals surface area contributed by atoms with E-state index in [0.717, 1.165) is 43.3 Å². The smallest absolute Gasteiger partial charge is 0.139 e. The van der Waals surface area contributed by atoms with Crippen LogP contribution in [0.3, 0.4) is 0 Å². The van der Waals surface area contributed by atoms with E-state index in [1.54, 1.807) is 0 Å². The molecule has 6 heteroatoms. The maximum absolute atomic E-state index is 4.85. The number of aromatic nitrogens is 2. The summed E-state index contributed by atoms with van der Waals surface area (Å²) in [6, 6.07) is 6.85. The van der Waals surface area contributed by atoms with Crippen molar-refractivity contribution in [3.05, 3.63) is 23.8 Å². The van der Waals surface area contributed by atoms with Crippen molar-refractivity contribution in [2.75, 3.05) is 39.3 Å². The number of piperazine rings is 1. The molecule has 2 aliphatic heterocycles. The molecule has 2 aliphatic rings. The Kier molecular flexibility index (Phi) is 3.58. The van der Waals surface area contributed by atoms with E-state index in [1.807, 2.05) is 12.1 Å². The number of benzene rings is 1. The molecule has 2 aromatic rings. The molecule has 1 aromatic carbocycles. The first-order valence-electron chi connectivity index (χ1n) is 7.77. The average molecular weight is 287 g/mol. The van der Waals surface area contributed by atoms with E-state index >= 15 is 0 Å². The standard InChI is InChI=1S/C15H21N5O/c1-2-12(15-14(3-1)17-21-18-15)11-19-6-8-20(9-7-19)13-4-5-16-10-13/h1-3,13,16H,4-11H2. The van der Waals surface area contributed by atoms with Gasteiger partial charge in [0, 0.05) is 45.3 Å². The molecule has 0 aliphatic carbocycles. The van der Waals surface area contributed by atoms with Gasteiger partial charge in [0.25, 0.3) is 0 Å². The fourth-order valence-electron chi connectivity index (χ4n) is 3.47. The SMILES string of the molecule is c1cc(CN2CCN(C3CCNC3)CC2)c2nonc2c1. The molecule has 1 atom stereocenters. The molecular formula is C15H21N5O. The number of rotatable bonds is 3. The van der Waals surface area contributed by atoms with E-state index in [1.165, 1.54) is 31.6 Å². The lowest BCUT2D eigenvalue weighted by molar-refractivity contribution is 0.0983. The zero-order valence-corrected chi connectivity index (χ0v) is 12.2. The van der Waals surface area contributed by atoms with Gasteiger partial charge >= 0.3 is 0 Å². The number of nitrogens with zero attached hydrogens (tertiary/aromatic N) is 4. The largest absolute Gasteiger partial charge is 0.315 e. The minimum atomic E-state index is 0.746. The van der Waals surface area contributed by atoms with Crippen LogP contribution in [0.2, 0.25) is 0 Å². The zero-order valence-electron chi connectivity index (χ0n) is 12.2. The zero-order chi connectivity index (χ0) is 14.1. The van der Waals surface area contributed by atoms with Crippen LogP contribution in [0.25, 0.3) is 11.0 Å². The third-order valence-corrected chi connectivity index (χ3v) is 4.72. The van der Waals surface area contributed by atoms with Crippen LogP contribution in [-0.2, 0) is 6.54 Å². The third kappa shape index (κ3) is 2.66. The molecule has 1 unspecified atom stereocenters. The Balaban J connectivity index is 1.39. The average Bonchev–Trinajstić information content (AvgIpc) is 3.20. The number of fused-ring (bicyclic) bond motifs is 1. The van der Waals surface area contributed by atoms with E-state index < -0.39 is 0 Å². The van der Waals surface area contributed by atoms with Crippen LogP contribution in [0.15, 0.2) is 22.8 Å². The molecule has 6 nitrogen and oxygen atoms in total. The van der Waals surface area contributed by atoms with E-state index in [9.17, 15) is 0 Å². The predicted octanol–water partition coefficient (Wildman–Crippen LogP) is 0.702. The lowest BCUT2D eigenvalue weighted by Crippen LogP contribution is -2.50. The Morgan fingerprint density at radius 2 is 2.10 bits per heavy atom. The van der Waals surface area contributed by atoms with Crippen LogP contribution in [0.5, 0.6) is 0 Å². The third-order valence-electron chi connectivity index (χ3n) is 4.72. The first-order chi connectivity index (χ1) is 10.4. The summed E-state index contributed by atoms with van der Waals surface area (Å²) in [7, 11) is 0. The van der Waals surface area contributed by atoms with E-state index in [0.29, 0.717) is 0 Å². The van der Waals surface area contributed by atoms with Gasteiger partial charge in [0.15, 0.2) is 0 Å². The van der Waals surface area contributed by atoms with Gasteiger partial charge in [-0.3, -0.25) is 9.80 Å². The number of hydrogen-bond donors (Lipinski definition) is 1. The van der Waals surface area contributed by atoms with Crippen molar-refractivity contribution < 1.29 is 4.63 Å². The second-order valence-corrected chi connectivity index (χ2v) is 6.01. The highest BCUT2D eigenvalue weighted by Gasteiger charge is 2.26. The maximum Gasteiger partial charge on any atom is 0.139 e. The summed E-state index contributed by atoms with van der Waals surface area (Å²) in [4.78, 5) is 5.14. The Morgan fingerprint density at radius 3 is 2.90 bits per heavy atom. The van der Waals surface area contributed by atoms with Gasteiger partial charge in [-0.2, -0.15) is 0 Å². The Bertz CT molecular complexity index is 599. The maximum atomic E-state index is 4.85. The summed E-state index contributed by atoms with van der Waals surface area (Å²) in [6.45, 7) is 7.84. The fourth-order valence-corrected chi connectivity index (χ4v) is 3.47. The van der Waals surface area contributed by atoms with Gasteiger partial charge in [0.05, 0.1) is 0 Å². The van der Waals surface area contributed by atoms with Gasteiger partial charge in [-0.25, -0.2) is 4.63 Å². The van der Waals surface area contributed by atoms with Gasteiger partial charge in [-0.15, -0.1) is 0 Å². The summed E-state index contributed by atoms with van der Waals surface area (Å²) in [5, 5.41) is 11.4. The molecule has 112 valence electrons. The van der Waals surface area contributed by atoms with Gasteiger partial charge in [-0.1, -0.05) is 12.1 Å². The molecule has 0 amide bonds. The van der Waals surface area contributed by atoms with Crippen molar-refractivity contribution in [1.82, 2.24) is 25.4 Å². The minimum absolute atomic E-state index is 0.746. The van der Waals surface area contributed by atoms with Gasteiger partial charge in [0.1, 0.15) is 11.0 Å². The van der Waals surface area contributed by atoms with Crippen LogP contribution in [0, 0.1) is 0 Å². The van der Waals surface area contributed by atoms with Crippen molar-refractivity contribution in [1.29, 1.82) is 0 Å². The second kappa shape index (κ2) is 5.71. The predicted molar refractivity (Wildman–Crippen MR) is 79.9 cm³/mol. The molecule has 1 aromatic heterocycles. The lowest BCUT2D eigenvalue weighted by atomic mass is 10.1. The number of hydrogen-bond acceptors (Lipinski definition) is 6. The van der Waals surface area contributed by atoms with Crippen molar-refractivity contribution in [3.8, 4) is 0 Å². The van der Waals surface area contributed by atoms with Gasteiger partial charge < -0.3 is 5.32 Å². The van der Waals surface area contributed by atoms with Crippen LogP contribution in [0.1, 0.15) is 12.0 Å². The highest BCUT2D eigenvalue weighted by Crippen LogP contribution is 2.18. The Morgan fingerprint density at radius 1 is 1.19 bits per heavy atom. The molecule has 0 saturated carbocycles. The highest BCUT2D eigenvalue weighted by atomic mass is 16.6. The fraction of sp³-hybridized carbons (Fsp3) is 0.600. The first-order valence-corrected chi connectivity index (χ1v) is 7.77. The quantitative estimate of drug-likeness (QED) is 0.897. The molecule has 0 radical (unpaired) electrons. The molecular weight excluding hydrogens is 266 g/mol. The van der Waals surface area contributed by atoms with Crippen molar-refractivity contribution in [2.24, 2.45) is 0 Å². The first kappa shape index (κ1) is 13.2. The monoisotopic (exact) mass is 287 g/mol. The molecule has 3 heterocycles. The lowest BCUT2D eigenvalue weighted by Gasteiger charge is -2.37. The second-order valence-electron chi connectivity index (χ2n) is 6.01. The van der Waals surface area contributed by atoms with Crippen LogP contribution >= 0.6 is 0 Å². The van der Waals surface area contributed by atoms with Crippen molar-refractivity contribution in [2.45, 2.75) is 19.0 Å². The molecule has 1 N–H and O–H groups in total. The minimum Gasteiger partial charge on any atom is -0.315 e. The van der Waals surface area contributed by atoms with Gasteiger partial charge in [0.2, 0.25) is 0 Å². The summed E-state index contributed by atoms with van der Waals surface area (Å²) >= 11 is 0. The molecule has 4 rings (SSSR count).